The minimum absolute atomic E-state index is 0.319. The van der Waals surface area contributed by atoms with Crippen LogP contribution in [0.4, 0.5) is 4.79 Å². The van der Waals surface area contributed by atoms with Crippen molar-refractivity contribution in [2.45, 2.75) is 25.9 Å². The van der Waals surface area contributed by atoms with Gasteiger partial charge in [-0.05, 0) is 24.1 Å². The number of hydrogen-bond donors (Lipinski definition) is 3. The number of carboxylic acid groups (broad SMARTS) is 1. The monoisotopic (exact) mass is 270 g/mol. The van der Waals surface area contributed by atoms with Crippen LogP contribution < -0.4 is 10.6 Å². The molecule has 0 unspecified atom stereocenters. The molecule has 18 heavy (non-hydrogen) atoms. The summed E-state index contributed by atoms with van der Waals surface area (Å²) in [7, 11) is 0. The molecule has 0 aliphatic heterocycles. The topological polar surface area (TPSA) is 78.4 Å². The normalized spacial score (nSPS) is 11.7. The fourth-order valence-electron chi connectivity index (χ4n) is 1.33. The molecule has 0 fully saturated rings. The lowest BCUT2D eigenvalue weighted by Gasteiger charge is -2.13. The lowest BCUT2D eigenvalue weighted by Crippen LogP contribution is -2.45. The second-order valence-electron chi connectivity index (χ2n) is 3.75. The lowest BCUT2D eigenvalue weighted by molar-refractivity contribution is -0.139. The number of aliphatic carboxylic acids is 1. The summed E-state index contributed by atoms with van der Waals surface area (Å²) in [5, 5.41) is 14.4. The molecule has 0 aliphatic rings. The van der Waals surface area contributed by atoms with Crippen LogP contribution in [-0.2, 0) is 11.3 Å². The number of halogens is 1. The van der Waals surface area contributed by atoms with Crippen LogP contribution in [0.25, 0.3) is 0 Å². The van der Waals surface area contributed by atoms with Crippen molar-refractivity contribution in [3.63, 3.8) is 0 Å². The smallest absolute Gasteiger partial charge is 0.326 e. The Balaban J connectivity index is 2.41. The fraction of sp³-hybridized carbons (Fsp3) is 0.333. The number of benzene rings is 1. The lowest BCUT2D eigenvalue weighted by atomic mass is 10.2. The first-order chi connectivity index (χ1) is 8.52. The fourth-order valence-corrected chi connectivity index (χ4v) is 1.46. The van der Waals surface area contributed by atoms with Crippen LogP contribution in [0.2, 0.25) is 5.02 Å². The van der Waals surface area contributed by atoms with Gasteiger partial charge in [0.2, 0.25) is 0 Å². The molecule has 2 amide bonds. The number of carbonyl (C=O) groups is 2. The van der Waals surface area contributed by atoms with E-state index in [0.29, 0.717) is 18.0 Å². The number of urea groups is 1. The highest BCUT2D eigenvalue weighted by molar-refractivity contribution is 6.30. The predicted octanol–water partition coefficient (Wildman–Crippen LogP) is 2.00. The van der Waals surface area contributed by atoms with Crippen LogP contribution in [-0.4, -0.2) is 23.1 Å². The quantitative estimate of drug-likeness (QED) is 0.766. The first-order valence-corrected chi connectivity index (χ1v) is 5.92. The van der Waals surface area contributed by atoms with Crippen molar-refractivity contribution in [3.8, 4) is 0 Å². The molecule has 0 spiro atoms. The molecule has 5 nitrogen and oxygen atoms in total. The summed E-state index contributed by atoms with van der Waals surface area (Å²) in [5.74, 6) is -1.04. The molecule has 1 rings (SSSR count). The van der Waals surface area contributed by atoms with Crippen molar-refractivity contribution >= 4 is 23.6 Å². The van der Waals surface area contributed by atoms with E-state index in [9.17, 15) is 9.59 Å². The molecule has 6 heteroatoms. The summed E-state index contributed by atoms with van der Waals surface area (Å²) in [5.41, 5.74) is 0.887. The van der Waals surface area contributed by atoms with Gasteiger partial charge in [-0.15, -0.1) is 0 Å². The van der Waals surface area contributed by atoms with Gasteiger partial charge in [0.15, 0.2) is 0 Å². The van der Waals surface area contributed by atoms with E-state index < -0.39 is 18.0 Å². The summed E-state index contributed by atoms with van der Waals surface area (Å²) in [6.07, 6.45) is 0.337. The highest BCUT2D eigenvalue weighted by Crippen LogP contribution is 2.08. The number of carbonyl (C=O) groups excluding carboxylic acids is 1. The Morgan fingerprint density at radius 3 is 2.44 bits per heavy atom. The molecule has 0 heterocycles. The van der Waals surface area contributed by atoms with Gasteiger partial charge >= 0.3 is 12.0 Å². The molecular formula is C12H15ClN2O3. The van der Waals surface area contributed by atoms with Crippen LogP contribution >= 0.6 is 11.6 Å². The Bertz CT molecular complexity index is 420. The Morgan fingerprint density at radius 2 is 1.94 bits per heavy atom. The SMILES string of the molecule is CC[C@H](NC(=O)NCc1ccc(Cl)cc1)C(=O)O. The Morgan fingerprint density at radius 1 is 1.33 bits per heavy atom. The predicted molar refractivity (Wildman–Crippen MR) is 68.5 cm³/mol. The van der Waals surface area contributed by atoms with E-state index in [0.717, 1.165) is 5.56 Å². The molecule has 0 saturated carbocycles. The molecule has 0 saturated heterocycles. The minimum Gasteiger partial charge on any atom is -0.480 e. The van der Waals surface area contributed by atoms with Crippen LogP contribution in [0.15, 0.2) is 24.3 Å². The number of amides is 2. The van der Waals surface area contributed by atoms with E-state index in [4.69, 9.17) is 16.7 Å². The van der Waals surface area contributed by atoms with Crippen molar-refractivity contribution in [2.75, 3.05) is 0 Å². The molecule has 0 radical (unpaired) electrons. The van der Waals surface area contributed by atoms with Gasteiger partial charge in [-0.2, -0.15) is 0 Å². The van der Waals surface area contributed by atoms with E-state index >= 15 is 0 Å². The van der Waals surface area contributed by atoms with E-state index in [1.807, 2.05) is 0 Å². The summed E-state index contributed by atoms with van der Waals surface area (Å²) < 4.78 is 0. The van der Waals surface area contributed by atoms with Gasteiger partial charge in [-0.3, -0.25) is 0 Å². The van der Waals surface area contributed by atoms with E-state index in [-0.39, 0.29) is 0 Å². The zero-order valence-corrected chi connectivity index (χ0v) is 10.7. The molecular weight excluding hydrogens is 256 g/mol. The van der Waals surface area contributed by atoms with Crippen LogP contribution in [0.3, 0.4) is 0 Å². The van der Waals surface area contributed by atoms with Crippen molar-refractivity contribution in [1.82, 2.24) is 10.6 Å². The van der Waals surface area contributed by atoms with Crippen LogP contribution in [0, 0.1) is 0 Å². The molecule has 1 aromatic carbocycles. The molecule has 0 aliphatic carbocycles. The Labute approximate surface area is 110 Å². The number of nitrogens with one attached hydrogen (secondary N) is 2. The van der Waals surface area contributed by atoms with E-state index in [2.05, 4.69) is 10.6 Å². The minimum atomic E-state index is -1.04. The largest absolute Gasteiger partial charge is 0.480 e. The molecule has 0 bridgehead atoms. The van der Waals surface area contributed by atoms with Gasteiger partial charge < -0.3 is 15.7 Å². The van der Waals surface area contributed by atoms with Gasteiger partial charge in [0.25, 0.3) is 0 Å². The third-order valence-corrected chi connectivity index (χ3v) is 2.63. The molecule has 98 valence electrons. The highest BCUT2D eigenvalue weighted by atomic mass is 35.5. The summed E-state index contributed by atoms with van der Waals surface area (Å²) in [4.78, 5) is 22.2. The maximum atomic E-state index is 11.4. The highest BCUT2D eigenvalue weighted by Gasteiger charge is 2.16. The van der Waals surface area contributed by atoms with Gasteiger partial charge in [-0.1, -0.05) is 30.7 Å². The average Bonchev–Trinajstić information content (AvgIpc) is 2.35. The second-order valence-corrected chi connectivity index (χ2v) is 4.19. The third-order valence-electron chi connectivity index (χ3n) is 2.38. The Hall–Kier alpha value is -1.75. The van der Waals surface area contributed by atoms with Gasteiger partial charge in [0.1, 0.15) is 6.04 Å². The maximum Gasteiger partial charge on any atom is 0.326 e. The van der Waals surface area contributed by atoms with Crippen molar-refractivity contribution in [3.05, 3.63) is 34.9 Å². The summed E-state index contributed by atoms with van der Waals surface area (Å²) in [6.45, 7) is 2.01. The molecule has 1 atom stereocenters. The second kappa shape index (κ2) is 6.86. The van der Waals surface area contributed by atoms with Gasteiger partial charge in [0.05, 0.1) is 0 Å². The molecule has 1 aromatic rings. The van der Waals surface area contributed by atoms with Crippen molar-refractivity contribution in [2.24, 2.45) is 0 Å². The summed E-state index contributed by atoms with van der Waals surface area (Å²) >= 11 is 5.73. The number of hydrogen-bond acceptors (Lipinski definition) is 2. The average molecular weight is 271 g/mol. The Kier molecular flexibility index (Phi) is 5.45. The number of rotatable bonds is 5. The van der Waals surface area contributed by atoms with Gasteiger partial charge in [-0.25, -0.2) is 9.59 Å². The standard InChI is InChI=1S/C12H15ClN2O3/c1-2-10(11(16)17)15-12(18)14-7-8-3-5-9(13)6-4-8/h3-6,10H,2,7H2,1H3,(H,16,17)(H2,14,15,18)/t10-/m0/s1. The van der Waals surface area contributed by atoms with Crippen molar-refractivity contribution < 1.29 is 14.7 Å². The van der Waals surface area contributed by atoms with Crippen molar-refractivity contribution in [1.29, 1.82) is 0 Å². The zero-order valence-electron chi connectivity index (χ0n) is 9.94. The summed E-state index contributed by atoms with van der Waals surface area (Å²) in [6, 6.07) is 5.66. The maximum absolute atomic E-state index is 11.4. The molecule has 0 aromatic heterocycles. The zero-order chi connectivity index (χ0) is 13.5. The third kappa shape index (κ3) is 4.63. The first-order valence-electron chi connectivity index (χ1n) is 5.54. The van der Waals surface area contributed by atoms with Crippen LogP contribution in [0.5, 0.6) is 0 Å². The van der Waals surface area contributed by atoms with Crippen LogP contribution in [0.1, 0.15) is 18.9 Å². The first kappa shape index (κ1) is 14.3. The van der Waals surface area contributed by atoms with E-state index in [1.54, 1.807) is 31.2 Å². The molecule has 3 N–H and O–H groups in total. The van der Waals surface area contributed by atoms with Gasteiger partial charge in [0, 0.05) is 11.6 Å². The number of carboxylic acids is 1. The van der Waals surface area contributed by atoms with E-state index in [1.165, 1.54) is 0 Å².